The molecule has 0 bridgehead atoms. The molecule has 0 spiro atoms. The molecule has 0 aliphatic carbocycles. The third-order valence-electron chi connectivity index (χ3n) is 3.92. The van der Waals surface area contributed by atoms with Gasteiger partial charge in [-0.1, -0.05) is 72.3 Å². The van der Waals surface area contributed by atoms with Gasteiger partial charge in [-0.25, -0.2) is 0 Å². The van der Waals surface area contributed by atoms with Crippen molar-refractivity contribution >= 4 is 10.8 Å². The first-order valence-corrected chi connectivity index (χ1v) is 7.21. The summed E-state index contributed by atoms with van der Waals surface area (Å²) in [6.07, 6.45) is 0.755. The van der Waals surface area contributed by atoms with E-state index < -0.39 is 0 Å². The lowest BCUT2D eigenvalue weighted by Crippen LogP contribution is -2.01. The molecule has 1 atom stereocenters. The molecule has 3 aromatic rings. The maximum atomic E-state index is 9.60. The van der Waals surface area contributed by atoms with Crippen LogP contribution in [0.25, 0.3) is 10.8 Å². The van der Waals surface area contributed by atoms with E-state index in [1.54, 1.807) is 0 Å². The Morgan fingerprint density at radius 1 is 0.905 bits per heavy atom. The van der Waals surface area contributed by atoms with Crippen LogP contribution in [0, 0.1) is 18.3 Å². The Balaban J connectivity index is 1.99. The van der Waals surface area contributed by atoms with E-state index in [2.05, 4.69) is 61.5 Å². The van der Waals surface area contributed by atoms with Gasteiger partial charge in [0, 0.05) is 0 Å². The summed E-state index contributed by atoms with van der Waals surface area (Å²) in [5, 5.41) is 12.0. The predicted octanol–water partition coefficient (Wildman–Crippen LogP) is 5.00. The van der Waals surface area contributed by atoms with E-state index in [-0.39, 0.29) is 5.92 Å². The van der Waals surface area contributed by atoms with Crippen LogP contribution in [0.3, 0.4) is 0 Å². The highest BCUT2D eigenvalue weighted by atomic mass is 14.3. The van der Waals surface area contributed by atoms with Crippen molar-refractivity contribution in [1.82, 2.24) is 0 Å². The fraction of sp³-hybridized carbons (Fsp3) is 0.150. The Hall–Kier alpha value is -2.59. The third kappa shape index (κ3) is 2.80. The highest BCUT2D eigenvalue weighted by Gasteiger charge is 2.14. The molecule has 21 heavy (non-hydrogen) atoms. The summed E-state index contributed by atoms with van der Waals surface area (Å²) < 4.78 is 0. The normalized spacial score (nSPS) is 12.0. The van der Waals surface area contributed by atoms with Gasteiger partial charge in [0.15, 0.2) is 0 Å². The summed E-state index contributed by atoms with van der Waals surface area (Å²) in [6, 6.07) is 25.4. The van der Waals surface area contributed by atoms with Crippen LogP contribution in [0.4, 0.5) is 0 Å². The van der Waals surface area contributed by atoms with Gasteiger partial charge in [-0.2, -0.15) is 5.26 Å². The molecule has 0 amide bonds. The number of nitriles is 1. The predicted molar refractivity (Wildman–Crippen MR) is 87.2 cm³/mol. The molecule has 0 aromatic heterocycles. The molecule has 1 unspecified atom stereocenters. The zero-order chi connectivity index (χ0) is 14.7. The van der Waals surface area contributed by atoms with Gasteiger partial charge < -0.3 is 0 Å². The molecule has 0 saturated heterocycles. The zero-order valence-corrected chi connectivity index (χ0v) is 12.1. The van der Waals surface area contributed by atoms with E-state index in [1.165, 1.54) is 21.9 Å². The quantitative estimate of drug-likeness (QED) is 0.657. The van der Waals surface area contributed by atoms with Gasteiger partial charge in [0.1, 0.15) is 0 Å². The average Bonchev–Trinajstić information content (AvgIpc) is 2.54. The van der Waals surface area contributed by atoms with Crippen LogP contribution in [-0.4, -0.2) is 0 Å². The maximum Gasteiger partial charge on any atom is 0.0759 e. The summed E-state index contributed by atoms with van der Waals surface area (Å²) in [5.41, 5.74) is 3.58. The van der Waals surface area contributed by atoms with Crippen LogP contribution in [0.2, 0.25) is 0 Å². The topological polar surface area (TPSA) is 23.8 Å². The molecular formula is C20H17N. The minimum absolute atomic E-state index is 0.112. The van der Waals surface area contributed by atoms with Crippen molar-refractivity contribution in [2.45, 2.75) is 19.3 Å². The summed E-state index contributed by atoms with van der Waals surface area (Å²) in [6.45, 7) is 2.08. The van der Waals surface area contributed by atoms with Gasteiger partial charge in [-0.3, -0.25) is 0 Å². The lowest BCUT2D eigenvalue weighted by Gasteiger charge is -2.13. The molecular weight excluding hydrogens is 254 g/mol. The van der Waals surface area contributed by atoms with E-state index in [0.29, 0.717) is 0 Å². The molecule has 102 valence electrons. The molecule has 0 aliphatic heterocycles. The minimum Gasteiger partial charge on any atom is -0.198 e. The Morgan fingerprint density at radius 2 is 1.62 bits per heavy atom. The average molecular weight is 271 g/mol. The molecule has 0 radical (unpaired) electrons. The van der Waals surface area contributed by atoms with Crippen LogP contribution in [0.5, 0.6) is 0 Å². The van der Waals surface area contributed by atoms with E-state index in [0.717, 1.165) is 12.0 Å². The second-order valence-corrected chi connectivity index (χ2v) is 5.44. The van der Waals surface area contributed by atoms with Crippen molar-refractivity contribution in [3.63, 3.8) is 0 Å². The number of fused-ring (bicyclic) bond motifs is 1. The first kappa shape index (κ1) is 13.4. The molecule has 0 N–H and O–H groups in total. The Morgan fingerprint density at radius 3 is 2.38 bits per heavy atom. The summed E-state index contributed by atoms with van der Waals surface area (Å²) in [4.78, 5) is 0. The Labute approximate surface area is 125 Å². The largest absolute Gasteiger partial charge is 0.198 e. The van der Waals surface area contributed by atoms with Gasteiger partial charge in [0.05, 0.1) is 12.0 Å². The molecule has 3 aromatic carbocycles. The molecule has 0 fully saturated rings. The number of hydrogen-bond acceptors (Lipinski definition) is 1. The molecule has 0 aliphatic rings. The van der Waals surface area contributed by atoms with Crippen molar-refractivity contribution < 1.29 is 0 Å². The van der Waals surface area contributed by atoms with Crippen molar-refractivity contribution in [2.75, 3.05) is 0 Å². The zero-order valence-electron chi connectivity index (χ0n) is 12.1. The highest BCUT2D eigenvalue weighted by Crippen LogP contribution is 2.28. The van der Waals surface area contributed by atoms with Crippen molar-refractivity contribution in [1.29, 1.82) is 5.26 Å². The fourth-order valence-corrected chi connectivity index (χ4v) is 2.74. The molecule has 0 saturated carbocycles. The second-order valence-electron chi connectivity index (χ2n) is 5.44. The Bertz CT molecular complexity index is 789. The van der Waals surface area contributed by atoms with Crippen LogP contribution in [0.15, 0.2) is 66.7 Å². The number of nitrogens with zero attached hydrogens (tertiary/aromatic N) is 1. The first-order valence-electron chi connectivity index (χ1n) is 7.21. The Kier molecular flexibility index (Phi) is 3.71. The van der Waals surface area contributed by atoms with Crippen LogP contribution in [0.1, 0.15) is 22.6 Å². The van der Waals surface area contributed by atoms with Crippen LogP contribution >= 0.6 is 0 Å². The van der Waals surface area contributed by atoms with Crippen LogP contribution < -0.4 is 0 Å². The highest BCUT2D eigenvalue weighted by molar-refractivity contribution is 5.86. The van der Waals surface area contributed by atoms with E-state index in [4.69, 9.17) is 0 Å². The first-order chi connectivity index (χ1) is 10.3. The smallest absolute Gasteiger partial charge is 0.0759 e. The SMILES string of the molecule is Cc1ccc(CC(C#N)c2cccc3ccccc23)cc1. The number of benzene rings is 3. The third-order valence-corrected chi connectivity index (χ3v) is 3.92. The molecule has 0 heterocycles. The second kappa shape index (κ2) is 5.81. The van der Waals surface area contributed by atoms with Crippen molar-refractivity contribution in [3.05, 3.63) is 83.4 Å². The van der Waals surface area contributed by atoms with E-state index in [1.807, 2.05) is 18.2 Å². The number of rotatable bonds is 3. The molecule has 1 nitrogen and oxygen atoms in total. The van der Waals surface area contributed by atoms with Crippen molar-refractivity contribution in [2.24, 2.45) is 0 Å². The van der Waals surface area contributed by atoms with E-state index >= 15 is 0 Å². The maximum absolute atomic E-state index is 9.60. The number of aryl methyl sites for hydroxylation is 1. The monoisotopic (exact) mass is 271 g/mol. The standard InChI is InChI=1S/C20H17N/c1-15-9-11-16(12-10-15)13-18(14-21)20-8-4-6-17-5-2-3-7-19(17)20/h2-12,18H,13H2,1H3. The van der Waals surface area contributed by atoms with Gasteiger partial charge >= 0.3 is 0 Å². The van der Waals surface area contributed by atoms with E-state index in [9.17, 15) is 5.26 Å². The lowest BCUT2D eigenvalue weighted by molar-refractivity contribution is 0.856. The summed E-state index contributed by atoms with van der Waals surface area (Å²) in [5.74, 6) is -0.112. The molecule has 3 rings (SSSR count). The minimum atomic E-state index is -0.112. The van der Waals surface area contributed by atoms with Gasteiger partial charge in [0.25, 0.3) is 0 Å². The fourth-order valence-electron chi connectivity index (χ4n) is 2.74. The van der Waals surface area contributed by atoms with Gasteiger partial charge in [0.2, 0.25) is 0 Å². The summed E-state index contributed by atoms with van der Waals surface area (Å²) >= 11 is 0. The van der Waals surface area contributed by atoms with Crippen molar-refractivity contribution in [3.8, 4) is 6.07 Å². The summed E-state index contributed by atoms with van der Waals surface area (Å²) in [7, 11) is 0. The van der Waals surface area contributed by atoms with Gasteiger partial charge in [-0.15, -0.1) is 0 Å². The lowest BCUT2D eigenvalue weighted by atomic mass is 9.89. The molecule has 1 heteroatoms. The van der Waals surface area contributed by atoms with Crippen LogP contribution in [-0.2, 0) is 6.42 Å². The number of hydrogen-bond donors (Lipinski definition) is 0. The van der Waals surface area contributed by atoms with Gasteiger partial charge in [-0.05, 0) is 35.2 Å².